The predicted molar refractivity (Wildman–Crippen MR) is 136 cm³/mol. The molecule has 0 bridgehead atoms. The molecule has 0 saturated heterocycles. The lowest BCUT2D eigenvalue weighted by Gasteiger charge is -2.18. The van der Waals surface area contributed by atoms with Crippen LogP contribution in [-0.2, 0) is 24.1 Å². The molecule has 186 valence electrons. The van der Waals surface area contributed by atoms with Gasteiger partial charge in [0.05, 0.1) is 19.6 Å². The van der Waals surface area contributed by atoms with E-state index in [1.165, 1.54) is 7.11 Å². The lowest BCUT2D eigenvalue weighted by molar-refractivity contribution is -0.120. The molecule has 0 aliphatic rings. The zero-order chi connectivity index (χ0) is 25.2. The number of phenolic OH excluding ortho intramolecular Hbond substituents is 1. The number of carbonyl (C=O) groups excluding carboxylic acids is 1. The number of nitrogens with two attached hydrogens (primary N) is 1. The van der Waals surface area contributed by atoms with Crippen LogP contribution in [0.5, 0.6) is 11.5 Å². The van der Waals surface area contributed by atoms with Gasteiger partial charge in [-0.15, -0.1) is 0 Å². The molecule has 2 atom stereocenters. The molecule has 0 unspecified atom stereocenters. The summed E-state index contributed by atoms with van der Waals surface area (Å²) in [7, 11) is 1.51. The number of hydrogen-bond donors (Lipinski definition) is 5. The van der Waals surface area contributed by atoms with Crippen molar-refractivity contribution in [3.8, 4) is 11.5 Å². The number of nitrogen functional groups attached to an aromatic ring is 1. The molecule has 0 spiro atoms. The number of carbonyl (C=O) groups is 1. The number of rotatable bonds is 12. The summed E-state index contributed by atoms with van der Waals surface area (Å²) >= 11 is 0. The van der Waals surface area contributed by atoms with E-state index in [-0.39, 0.29) is 17.7 Å². The van der Waals surface area contributed by atoms with E-state index in [4.69, 9.17) is 10.5 Å². The van der Waals surface area contributed by atoms with E-state index in [0.717, 1.165) is 28.7 Å². The molecular formula is C27H34N4O4. The van der Waals surface area contributed by atoms with Gasteiger partial charge in [0.2, 0.25) is 5.91 Å². The number of hydrogen-bond acceptors (Lipinski definition) is 7. The highest BCUT2D eigenvalue weighted by Crippen LogP contribution is 2.26. The Balaban J connectivity index is 1.42. The number of aliphatic hydroxyl groups is 1. The Kier molecular flexibility index (Phi) is 9.46. The first-order valence-electron chi connectivity index (χ1n) is 11.7. The number of nitrogens with one attached hydrogen (secondary N) is 2. The minimum Gasteiger partial charge on any atom is -0.504 e. The van der Waals surface area contributed by atoms with E-state index < -0.39 is 6.10 Å². The molecule has 6 N–H and O–H groups in total. The number of methoxy groups -OCH3 is 1. The van der Waals surface area contributed by atoms with Crippen LogP contribution in [0, 0.1) is 0 Å². The highest BCUT2D eigenvalue weighted by atomic mass is 16.5. The highest BCUT2D eigenvalue weighted by Gasteiger charge is 2.11. The summed E-state index contributed by atoms with van der Waals surface area (Å²) in [6, 6.07) is 16.8. The topological polar surface area (TPSA) is 130 Å². The number of aromatic hydroxyl groups is 1. The Bertz CT molecular complexity index is 1100. The first kappa shape index (κ1) is 26.0. The summed E-state index contributed by atoms with van der Waals surface area (Å²) in [6.45, 7) is 2.95. The van der Waals surface area contributed by atoms with Gasteiger partial charge in [0, 0.05) is 30.9 Å². The Morgan fingerprint density at radius 3 is 2.63 bits per heavy atom. The molecule has 0 fully saturated rings. The summed E-state index contributed by atoms with van der Waals surface area (Å²) in [5, 5.41) is 26.5. The number of nitrogens with zero attached hydrogens (tertiary/aromatic N) is 1. The molecule has 0 saturated carbocycles. The van der Waals surface area contributed by atoms with Crippen LogP contribution in [0.25, 0.3) is 0 Å². The molecule has 1 heterocycles. The Labute approximate surface area is 206 Å². The Hall–Kier alpha value is -3.62. The van der Waals surface area contributed by atoms with Gasteiger partial charge in [-0.25, -0.2) is 4.98 Å². The van der Waals surface area contributed by atoms with Crippen LogP contribution >= 0.6 is 0 Å². The van der Waals surface area contributed by atoms with Crippen molar-refractivity contribution in [1.82, 2.24) is 15.6 Å². The van der Waals surface area contributed by atoms with Crippen molar-refractivity contribution >= 4 is 11.7 Å². The van der Waals surface area contributed by atoms with Gasteiger partial charge in [-0.2, -0.15) is 0 Å². The summed E-state index contributed by atoms with van der Waals surface area (Å²) in [5.74, 6) is 0.894. The lowest BCUT2D eigenvalue weighted by Crippen LogP contribution is -2.32. The zero-order valence-electron chi connectivity index (χ0n) is 20.2. The molecule has 0 aliphatic carbocycles. The summed E-state index contributed by atoms with van der Waals surface area (Å²) in [5.41, 5.74) is 9.30. The average Bonchev–Trinajstić information content (AvgIpc) is 2.83. The SMILES string of the molecule is COc1ccc(CCNC(=O)Cc2cccc(C[C@@H](C)NC[C@H](O)c3ccc(N)nc3)c2)cc1O. The maximum atomic E-state index is 12.4. The van der Waals surface area contributed by atoms with Gasteiger partial charge in [-0.1, -0.05) is 36.4 Å². The van der Waals surface area contributed by atoms with Gasteiger partial charge < -0.3 is 31.3 Å². The number of amides is 1. The second kappa shape index (κ2) is 12.7. The van der Waals surface area contributed by atoms with E-state index in [9.17, 15) is 15.0 Å². The van der Waals surface area contributed by atoms with Crippen LogP contribution in [-0.4, -0.2) is 47.3 Å². The van der Waals surface area contributed by atoms with Crippen molar-refractivity contribution in [3.63, 3.8) is 0 Å². The molecule has 8 nitrogen and oxygen atoms in total. The number of benzene rings is 2. The standard InChI is InChI=1S/C27H34N4O4/c1-18(30-17-24(33)22-7-9-26(28)31-16-22)12-20-4-3-5-21(13-20)15-27(34)29-11-10-19-6-8-25(35-2)23(32)14-19/h3-9,13-14,16,18,24,30,32-33H,10-12,15,17H2,1-2H3,(H2,28,31)(H,29,34)/t18-,24+/m1/s1. The predicted octanol–water partition coefficient (Wildman–Crippen LogP) is 2.53. The molecule has 1 aromatic heterocycles. The largest absolute Gasteiger partial charge is 0.504 e. The summed E-state index contributed by atoms with van der Waals surface area (Å²) < 4.78 is 5.05. The fourth-order valence-corrected chi connectivity index (χ4v) is 3.82. The van der Waals surface area contributed by atoms with Crippen LogP contribution in [0.3, 0.4) is 0 Å². The molecule has 3 rings (SSSR count). The summed E-state index contributed by atoms with van der Waals surface area (Å²) in [4.78, 5) is 16.4. The third-order valence-electron chi connectivity index (χ3n) is 5.73. The molecule has 3 aromatic rings. The van der Waals surface area contributed by atoms with Crippen molar-refractivity contribution in [2.24, 2.45) is 0 Å². The fraction of sp³-hybridized carbons (Fsp3) is 0.333. The zero-order valence-corrected chi connectivity index (χ0v) is 20.2. The normalized spacial score (nSPS) is 12.7. The van der Waals surface area contributed by atoms with Gasteiger partial charge in [0.25, 0.3) is 0 Å². The van der Waals surface area contributed by atoms with Crippen molar-refractivity contribution in [1.29, 1.82) is 0 Å². The minimum atomic E-state index is -0.664. The van der Waals surface area contributed by atoms with Crippen molar-refractivity contribution in [2.75, 3.05) is 25.9 Å². The van der Waals surface area contributed by atoms with E-state index in [2.05, 4.69) is 22.5 Å². The van der Waals surface area contributed by atoms with E-state index >= 15 is 0 Å². The first-order valence-corrected chi connectivity index (χ1v) is 11.7. The number of pyridine rings is 1. The summed E-state index contributed by atoms with van der Waals surface area (Å²) in [6.07, 6.45) is 2.60. The lowest BCUT2D eigenvalue weighted by atomic mass is 10.0. The van der Waals surface area contributed by atoms with Crippen LogP contribution in [0.1, 0.15) is 35.3 Å². The molecule has 0 aliphatic heterocycles. The monoisotopic (exact) mass is 478 g/mol. The maximum Gasteiger partial charge on any atom is 0.224 e. The third kappa shape index (κ3) is 8.27. The van der Waals surface area contributed by atoms with Gasteiger partial charge in [-0.05, 0) is 54.7 Å². The van der Waals surface area contributed by atoms with Crippen LogP contribution in [0.4, 0.5) is 5.82 Å². The van der Waals surface area contributed by atoms with E-state index in [1.54, 1.807) is 30.5 Å². The fourth-order valence-electron chi connectivity index (χ4n) is 3.82. The molecular weight excluding hydrogens is 444 g/mol. The van der Waals surface area contributed by atoms with Crippen LogP contribution in [0.2, 0.25) is 0 Å². The quantitative estimate of drug-likeness (QED) is 0.270. The highest BCUT2D eigenvalue weighted by molar-refractivity contribution is 5.78. The number of phenols is 1. The minimum absolute atomic E-state index is 0.0497. The van der Waals surface area contributed by atoms with Gasteiger partial charge in [0.1, 0.15) is 5.82 Å². The van der Waals surface area contributed by atoms with Gasteiger partial charge in [0.15, 0.2) is 11.5 Å². The second-order valence-corrected chi connectivity index (χ2v) is 8.65. The van der Waals surface area contributed by atoms with Gasteiger partial charge >= 0.3 is 0 Å². The smallest absolute Gasteiger partial charge is 0.224 e. The van der Waals surface area contributed by atoms with Crippen LogP contribution < -0.4 is 21.1 Å². The van der Waals surface area contributed by atoms with Crippen molar-refractivity contribution in [3.05, 3.63) is 83.0 Å². The maximum absolute atomic E-state index is 12.4. The molecule has 8 heteroatoms. The first-order chi connectivity index (χ1) is 16.8. The van der Waals surface area contributed by atoms with Crippen molar-refractivity contribution in [2.45, 2.75) is 38.3 Å². The molecule has 1 amide bonds. The van der Waals surface area contributed by atoms with Crippen molar-refractivity contribution < 1.29 is 19.7 Å². The van der Waals surface area contributed by atoms with E-state index in [1.807, 2.05) is 30.3 Å². The Morgan fingerprint density at radius 1 is 1.11 bits per heavy atom. The molecule has 2 aromatic carbocycles. The number of anilines is 1. The number of ether oxygens (including phenoxy) is 1. The van der Waals surface area contributed by atoms with Gasteiger partial charge in [-0.3, -0.25) is 4.79 Å². The van der Waals surface area contributed by atoms with Crippen LogP contribution in [0.15, 0.2) is 60.8 Å². The van der Waals surface area contributed by atoms with E-state index in [0.29, 0.717) is 37.5 Å². The number of aromatic nitrogens is 1. The molecule has 0 radical (unpaired) electrons. The molecule has 35 heavy (non-hydrogen) atoms. The average molecular weight is 479 g/mol. The number of aliphatic hydroxyl groups excluding tert-OH is 1. The second-order valence-electron chi connectivity index (χ2n) is 8.65. The Morgan fingerprint density at radius 2 is 1.91 bits per heavy atom. The third-order valence-corrected chi connectivity index (χ3v) is 5.73.